The summed E-state index contributed by atoms with van der Waals surface area (Å²) in [6, 6.07) is -0.0782. The SMILES string of the molecule is CS(=O)(=O)CS(=O)(=O)NC1CCCCC1. The molecule has 7 heteroatoms. The molecule has 5 nitrogen and oxygen atoms in total. The van der Waals surface area contributed by atoms with Crippen molar-refractivity contribution in [3.05, 3.63) is 0 Å². The molecule has 1 aliphatic rings. The third-order valence-electron chi connectivity index (χ3n) is 2.32. The monoisotopic (exact) mass is 255 g/mol. The van der Waals surface area contributed by atoms with E-state index in [1.807, 2.05) is 0 Å². The summed E-state index contributed by atoms with van der Waals surface area (Å²) in [6.45, 7) is 0. The predicted molar refractivity (Wildman–Crippen MR) is 58.6 cm³/mol. The van der Waals surface area contributed by atoms with Crippen LogP contribution in [0.1, 0.15) is 32.1 Å². The van der Waals surface area contributed by atoms with Crippen molar-refractivity contribution in [3.8, 4) is 0 Å². The van der Waals surface area contributed by atoms with Crippen LogP contribution in [0.3, 0.4) is 0 Å². The van der Waals surface area contributed by atoms with E-state index in [4.69, 9.17) is 0 Å². The minimum absolute atomic E-state index is 0.0782. The van der Waals surface area contributed by atoms with E-state index < -0.39 is 24.9 Å². The lowest BCUT2D eigenvalue weighted by atomic mass is 9.96. The van der Waals surface area contributed by atoms with Crippen molar-refractivity contribution in [1.82, 2.24) is 4.72 Å². The number of rotatable bonds is 4. The first kappa shape index (κ1) is 12.9. The van der Waals surface area contributed by atoms with Gasteiger partial charge in [-0.25, -0.2) is 21.6 Å². The lowest BCUT2D eigenvalue weighted by Gasteiger charge is -2.22. The Balaban J connectivity index is 2.56. The maximum atomic E-state index is 11.4. The minimum Gasteiger partial charge on any atom is -0.228 e. The van der Waals surface area contributed by atoms with E-state index in [0.717, 1.165) is 38.4 Å². The number of hydrogen-bond acceptors (Lipinski definition) is 4. The van der Waals surface area contributed by atoms with Crippen LogP contribution in [0.4, 0.5) is 0 Å². The maximum absolute atomic E-state index is 11.4. The summed E-state index contributed by atoms with van der Waals surface area (Å²) in [4.78, 5) is 0. The molecule has 0 aromatic rings. The van der Waals surface area contributed by atoms with Gasteiger partial charge in [-0.2, -0.15) is 0 Å². The molecular formula is C8H17NO4S2. The number of nitrogens with one attached hydrogen (secondary N) is 1. The Labute approximate surface area is 91.2 Å². The molecule has 0 spiro atoms. The summed E-state index contributed by atoms with van der Waals surface area (Å²) in [5.74, 6) is 0. The number of sulfone groups is 1. The Morgan fingerprint density at radius 2 is 1.60 bits per heavy atom. The van der Waals surface area contributed by atoms with Gasteiger partial charge in [-0.15, -0.1) is 0 Å². The highest BCUT2D eigenvalue weighted by molar-refractivity contribution is 8.06. The van der Waals surface area contributed by atoms with Crippen LogP contribution < -0.4 is 4.72 Å². The van der Waals surface area contributed by atoms with Gasteiger partial charge >= 0.3 is 0 Å². The Morgan fingerprint density at radius 3 is 2.07 bits per heavy atom. The van der Waals surface area contributed by atoms with Crippen LogP contribution in [0.15, 0.2) is 0 Å². The molecule has 0 aliphatic heterocycles. The molecule has 1 saturated carbocycles. The molecule has 1 aliphatic carbocycles. The molecule has 0 saturated heterocycles. The minimum atomic E-state index is -3.68. The average molecular weight is 255 g/mol. The normalized spacial score (nSPS) is 20.3. The zero-order valence-electron chi connectivity index (χ0n) is 8.77. The molecule has 1 fully saturated rings. The first-order chi connectivity index (χ1) is 6.79. The van der Waals surface area contributed by atoms with Gasteiger partial charge in [0, 0.05) is 12.3 Å². The molecule has 0 heterocycles. The molecule has 90 valence electrons. The van der Waals surface area contributed by atoms with E-state index in [1.54, 1.807) is 0 Å². The predicted octanol–water partition coefficient (Wildman–Crippen LogP) is 0.241. The van der Waals surface area contributed by atoms with Gasteiger partial charge in [0.1, 0.15) is 0 Å². The van der Waals surface area contributed by atoms with E-state index in [9.17, 15) is 16.8 Å². The van der Waals surface area contributed by atoms with Crippen LogP contribution >= 0.6 is 0 Å². The van der Waals surface area contributed by atoms with Crippen LogP contribution in [0.5, 0.6) is 0 Å². The van der Waals surface area contributed by atoms with E-state index in [2.05, 4.69) is 4.72 Å². The second kappa shape index (κ2) is 4.80. The third-order valence-corrected chi connectivity index (χ3v) is 5.97. The fourth-order valence-corrected chi connectivity index (χ4v) is 5.06. The summed E-state index contributed by atoms with van der Waals surface area (Å²) in [7, 11) is -7.16. The zero-order chi connectivity index (χ0) is 11.5. The van der Waals surface area contributed by atoms with Crippen molar-refractivity contribution in [2.24, 2.45) is 0 Å². The lowest BCUT2D eigenvalue weighted by molar-refractivity contribution is 0.412. The van der Waals surface area contributed by atoms with Gasteiger partial charge in [-0.1, -0.05) is 19.3 Å². The smallest absolute Gasteiger partial charge is 0.226 e. The van der Waals surface area contributed by atoms with Crippen molar-refractivity contribution in [2.45, 2.75) is 38.1 Å². The fraction of sp³-hybridized carbons (Fsp3) is 1.00. The van der Waals surface area contributed by atoms with Gasteiger partial charge < -0.3 is 0 Å². The van der Waals surface area contributed by atoms with E-state index in [1.165, 1.54) is 0 Å². The molecule has 15 heavy (non-hydrogen) atoms. The molecule has 0 amide bonds. The first-order valence-electron chi connectivity index (χ1n) is 4.96. The fourth-order valence-electron chi connectivity index (χ4n) is 1.79. The maximum Gasteiger partial charge on any atom is 0.226 e. The molecule has 1 N–H and O–H groups in total. The topological polar surface area (TPSA) is 80.3 Å². The summed E-state index contributed by atoms with van der Waals surface area (Å²) >= 11 is 0. The highest BCUT2D eigenvalue weighted by Gasteiger charge is 2.23. The number of sulfonamides is 1. The molecule has 0 radical (unpaired) electrons. The summed E-state index contributed by atoms with van der Waals surface area (Å²) < 4.78 is 47.0. The standard InChI is InChI=1S/C8H17NO4S2/c1-14(10,11)7-15(12,13)9-8-5-3-2-4-6-8/h8-9H,2-7H2,1H3. The van der Waals surface area contributed by atoms with Crippen LogP contribution in [0.2, 0.25) is 0 Å². The average Bonchev–Trinajstić information content (AvgIpc) is 1.99. The van der Waals surface area contributed by atoms with Crippen LogP contribution in [0, 0.1) is 0 Å². The molecule has 1 rings (SSSR count). The van der Waals surface area contributed by atoms with Crippen LogP contribution in [0.25, 0.3) is 0 Å². The highest BCUT2D eigenvalue weighted by Crippen LogP contribution is 2.18. The van der Waals surface area contributed by atoms with Crippen LogP contribution in [-0.4, -0.2) is 34.2 Å². The second-order valence-corrected chi connectivity index (χ2v) is 8.37. The Morgan fingerprint density at radius 1 is 1.07 bits per heavy atom. The van der Waals surface area contributed by atoms with Crippen molar-refractivity contribution in [2.75, 3.05) is 11.3 Å². The highest BCUT2D eigenvalue weighted by atomic mass is 32.3. The van der Waals surface area contributed by atoms with Crippen molar-refractivity contribution < 1.29 is 16.8 Å². The Bertz CT molecular complexity index is 392. The van der Waals surface area contributed by atoms with Gasteiger partial charge in [0.2, 0.25) is 10.0 Å². The Kier molecular flexibility index (Phi) is 4.13. The molecule has 0 atom stereocenters. The molecule has 0 aromatic heterocycles. The molecule has 0 bridgehead atoms. The second-order valence-electron chi connectivity index (χ2n) is 4.11. The molecular weight excluding hydrogens is 238 g/mol. The summed E-state index contributed by atoms with van der Waals surface area (Å²) in [5.41, 5.74) is 0. The van der Waals surface area contributed by atoms with Gasteiger partial charge in [-0.05, 0) is 12.8 Å². The van der Waals surface area contributed by atoms with Crippen molar-refractivity contribution >= 4 is 19.9 Å². The zero-order valence-corrected chi connectivity index (χ0v) is 10.4. The van der Waals surface area contributed by atoms with Gasteiger partial charge in [0.25, 0.3) is 0 Å². The summed E-state index contributed by atoms with van der Waals surface area (Å²) in [6.07, 6.45) is 5.68. The number of hydrogen-bond donors (Lipinski definition) is 1. The lowest BCUT2D eigenvalue weighted by Crippen LogP contribution is -2.39. The molecule has 0 unspecified atom stereocenters. The summed E-state index contributed by atoms with van der Waals surface area (Å²) in [5, 5.41) is -0.809. The van der Waals surface area contributed by atoms with E-state index >= 15 is 0 Å². The third kappa shape index (κ3) is 5.48. The largest absolute Gasteiger partial charge is 0.228 e. The van der Waals surface area contributed by atoms with Gasteiger partial charge in [0.15, 0.2) is 14.9 Å². The van der Waals surface area contributed by atoms with Crippen molar-refractivity contribution in [1.29, 1.82) is 0 Å². The van der Waals surface area contributed by atoms with Crippen LogP contribution in [-0.2, 0) is 19.9 Å². The van der Waals surface area contributed by atoms with E-state index in [-0.39, 0.29) is 6.04 Å². The van der Waals surface area contributed by atoms with Gasteiger partial charge in [0.05, 0.1) is 0 Å². The van der Waals surface area contributed by atoms with E-state index in [0.29, 0.717) is 0 Å². The first-order valence-corrected chi connectivity index (χ1v) is 8.67. The Hall–Kier alpha value is -0.140. The quantitative estimate of drug-likeness (QED) is 0.780. The molecule has 0 aromatic carbocycles. The van der Waals surface area contributed by atoms with Crippen molar-refractivity contribution in [3.63, 3.8) is 0 Å². The van der Waals surface area contributed by atoms with Gasteiger partial charge in [-0.3, -0.25) is 0 Å².